The summed E-state index contributed by atoms with van der Waals surface area (Å²) in [6.45, 7) is 11.8. The molecule has 2 unspecified atom stereocenters. The smallest absolute Gasteiger partial charge is 0.0674 e. The second-order valence-electron chi connectivity index (χ2n) is 6.09. The van der Waals surface area contributed by atoms with Gasteiger partial charge in [0.15, 0.2) is 0 Å². The third-order valence-corrected chi connectivity index (χ3v) is 4.79. The first-order valence-corrected chi connectivity index (χ1v) is 8.64. The van der Waals surface area contributed by atoms with Gasteiger partial charge in [-0.15, -0.1) is 11.3 Å². The SMILES string of the molecule is CC(C)CCNCC(c1cccs1)N1CCOC(C)C1. The predicted octanol–water partition coefficient (Wildman–Crippen LogP) is 3.15. The van der Waals surface area contributed by atoms with Gasteiger partial charge in [-0.25, -0.2) is 0 Å². The van der Waals surface area contributed by atoms with E-state index in [-0.39, 0.29) is 0 Å². The summed E-state index contributed by atoms with van der Waals surface area (Å²) in [4.78, 5) is 4.04. The molecule has 1 fully saturated rings. The van der Waals surface area contributed by atoms with Crippen molar-refractivity contribution >= 4 is 11.3 Å². The molecule has 3 nitrogen and oxygen atoms in total. The van der Waals surface area contributed by atoms with Crippen molar-refractivity contribution in [2.45, 2.75) is 39.3 Å². The van der Waals surface area contributed by atoms with E-state index in [9.17, 15) is 0 Å². The fraction of sp³-hybridized carbons (Fsp3) is 0.750. The van der Waals surface area contributed by atoms with Gasteiger partial charge in [0.25, 0.3) is 0 Å². The molecule has 0 bridgehead atoms. The van der Waals surface area contributed by atoms with Crippen molar-refractivity contribution in [1.82, 2.24) is 10.2 Å². The molecule has 0 spiro atoms. The van der Waals surface area contributed by atoms with E-state index in [4.69, 9.17) is 4.74 Å². The van der Waals surface area contributed by atoms with E-state index in [2.05, 4.69) is 48.5 Å². The average molecular weight is 296 g/mol. The Morgan fingerprint density at radius 2 is 2.35 bits per heavy atom. The first-order valence-electron chi connectivity index (χ1n) is 7.76. The molecule has 0 saturated carbocycles. The average Bonchev–Trinajstić information content (AvgIpc) is 2.92. The summed E-state index contributed by atoms with van der Waals surface area (Å²) >= 11 is 1.87. The molecule has 2 rings (SSSR count). The molecule has 4 heteroatoms. The standard InChI is InChI=1S/C16H28N2OS/c1-13(2)6-7-17-11-15(16-5-4-10-20-16)18-8-9-19-14(3)12-18/h4-5,10,13-15,17H,6-9,11-12H2,1-3H3. The highest BCUT2D eigenvalue weighted by molar-refractivity contribution is 7.10. The van der Waals surface area contributed by atoms with E-state index in [1.54, 1.807) is 0 Å². The molecule has 1 aromatic rings. The maximum Gasteiger partial charge on any atom is 0.0674 e. The lowest BCUT2D eigenvalue weighted by Gasteiger charge is -2.37. The normalized spacial score (nSPS) is 22.3. The lowest BCUT2D eigenvalue weighted by atomic mass is 10.1. The third-order valence-electron chi connectivity index (χ3n) is 3.82. The van der Waals surface area contributed by atoms with Crippen LogP contribution in [0, 0.1) is 5.92 Å². The van der Waals surface area contributed by atoms with E-state index >= 15 is 0 Å². The number of morpholine rings is 1. The molecule has 2 heterocycles. The Bertz CT molecular complexity index is 367. The molecule has 1 aliphatic rings. The van der Waals surface area contributed by atoms with Crippen molar-refractivity contribution in [2.75, 3.05) is 32.8 Å². The molecule has 0 aromatic carbocycles. The van der Waals surface area contributed by atoms with Gasteiger partial charge in [0.05, 0.1) is 18.8 Å². The fourth-order valence-corrected chi connectivity index (χ4v) is 3.51. The molecule has 2 atom stereocenters. The highest BCUT2D eigenvalue weighted by Crippen LogP contribution is 2.26. The molecule has 20 heavy (non-hydrogen) atoms. The number of thiophene rings is 1. The summed E-state index contributed by atoms with van der Waals surface area (Å²) in [6.07, 6.45) is 1.60. The van der Waals surface area contributed by atoms with Crippen molar-refractivity contribution < 1.29 is 4.74 Å². The van der Waals surface area contributed by atoms with Crippen LogP contribution in [-0.2, 0) is 4.74 Å². The van der Waals surface area contributed by atoms with Gasteiger partial charge < -0.3 is 10.1 Å². The van der Waals surface area contributed by atoms with Gasteiger partial charge in [0, 0.05) is 24.5 Å². The van der Waals surface area contributed by atoms with Gasteiger partial charge in [0.2, 0.25) is 0 Å². The van der Waals surface area contributed by atoms with Crippen LogP contribution in [0.1, 0.15) is 38.1 Å². The lowest BCUT2D eigenvalue weighted by molar-refractivity contribution is -0.0339. The highest BCUT2D eigenvalue weighted by Gasteiger charge is 2.25. The summed E-state index contributed by atoms with van der Waals surface area (Å²) < 4.78 is 5.67. The minimum Gasteiger partial charge on any atom is -0.376 e. The second kappa shape index (κ2) is 8.13. The summed E-state index contributed by atoms with van der Waals surface area (Å²) in [7, 11) is 0. The number of hydrogen-bond acceptors (Lipinski definition) is 4. The maximum atomic E-state index is 5.67. The molecular weight excluding hydrogens is 268 g/mol. The molecule has 114 valence electrons. The molecule has 0 amide bonds. The summed E-state index contributed by atoms with van der Waals surface area (Å²) in [5.74, 6) is 0.770. The summed E-state index contributed by atoms with van der Waals surface area (Å²) in [6, 6.07) is 4.92. The maximum absolute atomic E-state index is 5.67. The minimum absolute atomic E-state index is 0.349. The molecule has 1 aliphatic heterocycles. The quantitative estimate of drug-likeness (QED) is 0.782. The molecule has 0 aliphatic carbocycles. The lowest BCUT2D eigenvalue weighted by Crippen LogP contribution is -2.45. The number of nitrogens with zero attached hydrogens (tertiary/aromatic N) is 1. The van der Waals surface area contributed by atoms with E-state index in [1.807, 2.05) is 11.3 Å². The topological polar surface area (TPSA) is 24.5 Å². The van der Waals surface area contributed by atoms with Crippen molar-refractivity contribution in [1.29, 1.82) is 0 Å². The first-order chi connectivity index (χ1) is 9.66. The van der Waals surface area contributed by atoms with Crippen LogP contribution in [-0.4, -0.2) is 43.8 Å². The van der Waals surface area contributed by atoms with Gasteiger partial charge in [-0.2, -0.15) is 0 Å². The van der Waals surface area contributed by atoms with Gasteiger partial charge in [-0.05, 0) is 37.3 Å². The van der Waals surface area contributed by atoms with E-state index in [0.717, 1.165) is 38.7 Å². The van der Waals surface area contributed by atoms with Crippen LogP contribution in [0.4, 0.5) is 0 Å². The van der Waals surface area contributed by atoms with Gasteiger partial charge in [-0.3, -0.25) is 4.90 Å². The summed E-state index contributed by atoms with van der Waals surface area (Å²) in [5, 5.41) is 5.82. The Kier molecular flexibility index (Phi) is 6.49. The second-order valence-corrected chi connectivity index (χ2v) is 7.07. The molecule has 1 N–H and O–H groups in total. The molecule has 1 aromatic heterocycles. The van der Waals surface area contributed by atoms with Crippen LogP contribution in [0.2, 0.25) is 0 Å². The fourth-order valence-electron chi connectivity index (χ4n) is 2.65. The predicted molar refractivity (Wildman–Crippen MR) is 86.4 cm³/mol. The number of rotatable bonds is 7. The Balaban J connectivity index is 1.91. The van der Waals surface area contributed by atoms with Crippen molar-refractivity contribution in [3.63, 3.8) is 0 Å². The third kappa shape index (κ3) is 4.85. The zero-order chi connectivity index (χ0) is 14.4. The number of hydrogen-bond donors (Lipinski definition) is 1. The molecular formula is C16H28N2OS. The zero-order valence-corrected chi connectivity index (χ0v) is 13.8. The molecule has 0 radical (unpaired) electrons. The van der Waals surface area contributed by atoms with Crippen molar-refractivity contribution in [2.24, 2.45) is 5.92 Å². The van der Waals surface area contributed by atoms with Gasteiger partial charge in [-0.1, -0.05) is 19.9 Å². The van der Waals surface area contributed by atoms with Crippen LogP contribution < -0.4 is 5.32 Å². The number of ether oxygens (including phenoxy) is 1. The Labute approximate surface area is 127 Å². The van der Waals surface area contributed by atoms with Crippen LogP contribution >= 0.6 is 11.3 Å². The van der Waals surface area contributed by atoms with E-state index < -0.39 is 0 Å². The van der Waals surface area contributed by atoms with E-state index in [0.29, 0.717) is 12.1 Å². The largest absolute Gasteiger partial charge is 0.376 e. The van der Waals surface area contributed by atoms with Crippen LogP contribution in [0.15, 0.2) is 17.5 Å². The Morgan fingerprint density at radius 3 is 3.00 bits per heavy atom. The van der Waals surface area contributed by atoms with Gasteiger partial charge >= 0.3 is 0 Å². The highest BCUT2D eigenvalue weighted by atomic mass is 32.1. The van der Waals surface area contributed by atoms with Crippen LogP contribution in [0.5, 0.6) is 0 Å². The van der Waals surface area contributed by atoms with Gasteiger partial charge in [0.1, 0.15) is 0 Å². The zero-order valence-electron chi connectivity index (χ0n) is 13.0. The summed E-state index contributed by atoms with van der Waals surface area (Å²) in [5.41, 5.74) is 0. The Hall–Kier alpha value is -0.420. The first kappa shape index (κ1) is 16.0. The van der Waals surface area contributed by atoms with Crippen molar-refractivity contribution in [3.05, 3.63) is 22.4 Å². The van der Waals surface area contributed by atoms with E-state index in [1.165, 1.54) is 11.3 Å². The number of nitrogens with one attached hydrogen (secondary N) is 1. The van der Waals surface area contributed by atoms with Crippen LogP contribution in [0.25, 0.3) is 0 Å². The molecule has 1 saturated heterocycles. The van der Waals surface area contributed by atoms with Crippen molar-refractivity contribution in [3.8, 4) is 0 Å². The monoisotopic (exact) mass is 296 g/mol. The minimum atomic E-state index is 0.349. The Morgan fingerprint density at radius 1 is 1.50 bits per heavy atom. The van der Waals surface area contributed by atoms with Crippen LogP contribution in [0.3, 0.4) is 0 Å².